The third-order valence-corrected chi connectivity index (χ3v) is 4.92. The van der Waals surface area contributed by atoms with Crippen LogP contribution < -0.4 is 10.6 Å². The number of phenols is 1. The Morgan fingerprint density at radius 1 is 1.36 bits per heavy atom. The molecule has 0 saturated carbocycles. The number of aromatic hydroxyl groups is 1. The Morgan fingerprint density at radius 3 is 2.93 bits per heavy atom. The summed E-state index contributed by atoms with van der Waals surface area (Å²) in [6, 6.07) is 1.96. The minimum Gasteiger partial charge on any atom is -0.507 e. The minimum absolute atomic E-state index is 0.0306. The van der Waals surface area contributed by atoms with Gasteiger partial charge in [0.1, 0.15) is 23.2 Å². The lowest BCUT2D eigenvalue weighted by atomic mass is 10.1. The van der Waals surface area contributed by atoms with E-state index in [0.717, 1.165) is 18.7 Å². The zero-order valence-corrected chi connectivity index (χ0v) is 15.4. The van der Waals surface area contributed by atoms with Crippen LogP contribution in [-0.2, 0) is 13.1 Å². The van der Waals surface area contributed by atoms with Crippen molar-refractivity contribution in [3.05, 3.63) is 52.0 Å². The zero-order valence-electron chi connectivity index (χ0n) is 14.6. The molecule has 0 unspecified atom stereocenters. The maximum Gasteiger partial charge on any atom is 0.259 e. The van der Waals surface area contributed by atoms with Crippen molar-refractivity contribution in [3.8, 4) is 17.1 Å². The molecule has 2 aliphatic rings. The van der Waals surface area contributed by atoms with Gasteiger partial charge in [-0.1, -0.05) is 11.6 Å². The zero-order chi connectivity index (χ0) is 19.8. The lowest BCUT2D eigenvalue weighted by Crippen LogP contribution is -2.28. The molecule has 1 amide bonds. The van der Waals surface area contributed by atoms with Gasteiger partial charge in [0.15, 0.2) is 5.82 Å². The van der Waals surface area contributed by atoms with Gasteiger partial charge in [-0.3, -0.25) is 4.79 Å². The topological polar surface area (TPSA) is 92.1 Å². The van der Waals surface area contributed by atoms with Gasteiger partial charge in [-0.25, -0.2) is 18.4 Å². The number of amides is 1. The third-order valence-electron chi connectivity index (χ3n) is 4.54. The number of fused-ring (bicyclic) bond motifs is 1. The average Bonchev–Trinajstić information content (AvgIpc) is 3.10. The molecule has 1 aromatic carbocycles. The number of aromatic nitrogens is 3. The highest BCUT2D eigenvalue weighted by molar-refractivity contribution is 6.30. The van der Waals surface area contributed by atoms with Crippen molar-refractivity contribution in [1.29, 1.82) is 0 Å². The summed E-state index contributed by atoms with van der Waals surface area (Å²) in [5.41, 5.74) is -0.545. The monoisotopic (exact) mass is 407 g/mol. The first kappa shape index (κ1) is 18.6. The smallest absolute Gasteiger partial charge is 0.259 e. The number of allylic oxidation sites excluding steroid dienone is 3. The third kappa shape index (κ3) is 3.38. The van der Waals surface area contributed by atoms with Gasteiger partial charge >= 0.3 is 0 Å². The number of nitrogens with zero attached hydrogens (tertiary/aromatic N) is 3. The molecule has 0 fully saturated rings. The summed E-state index contributed by atoms with van der Waals surface area (Å²) in [6.45, 7) is 1.84. The number of carbonyl (C=O) groups is 1. The van der Waals surface area contributed by atoms with E-state index in [1.54, 1.807) is 4.68 Å². The number of phenolic OH excluding ortho intramolecular Hbond substituents is 1. The molecule has 1 aliphatic heterocycles. The fraction of sp³-hybridized carbons (Fsp3) is 0.278. The van der Waals surface area contributed by atoms with E-state index in [1.165, 1.54) is 6.08 Å². The van der Waals surface area contributed by atoms with Crippen molar-refractivity contribution in [2.24, 2.45) is 0 Å². The second kappa shape index (κ2) is 7.33. The molecule has 146 valence electrons. The molecule has 0 radical (unpaired) electrons. The molecule has 0 spiro atoms. The van der Waals surface area contributed by atoms with Crippen LogP contribution in [0.15, 0.2) is 34.8 Å². The van der Waals surface area contributed by atoms with Crippen LogP contribution in [0.2, 0.25) is 0 Å². The van der Waals surface area contributed by atoms with Gasteiger partial charge in [-0.2, -0.15) is 5.10 Å². The summed E-state index contributed by atoms with van der Waals surface area (Å²) >= 11 is 5.96. The molecule has 28 heavy (non-hydrogen) atoms. The second-order valence-corrected chi connectivity index (χ2v) is 6.88. The Bertz CT molecular complexity index is 1010. The summed E-state index contributed by atoms with van der Waals surface area (Å²) in [6.07, 6.45) is 2.11. The Labute approximate surface area is 163 Å². The number of hydrogen-bond donors (Lipinski definition) is 3. The predicted octanol–water partition coefficient (Wildman–Crippen LogP) is 2.72. The fourth-order valence-corrected chi connectivity index (χ4v) is 3.34. The van der Waals surface area contributed by atoms with E-state index in [4.69, 9.17) is 11.6 Å². The van der Waals surface area contributed by atoms with Gasteiger partial charge in [0.05, 0.1) is 29.9 Å². The van der Waals surface area contributed by atoms with Crippen molar-refractivity contribution in [2.45, 2.75) is 25.9 Å². The number of carbonyl (C=O) groups excluding carboxylic acids is 1. The van der Waals surface area contributed by atoms with Crippen LogP contribution in [0.4, 0.5) is 8.78 Å². The van der Waals surface area contributed by atoms with Crippen LogP contribution in [0, 0.1) is 5.82 Å². The molecule has 4 rings (SSSR count). The highest BCUT2D eigenvalue weighted by atomic mass is 35.5. The van der Waals surface area contributed by atoms with E-state index in [-0.39, 0.29) is 27.7 Å². The van der Waals surface area contributed by atoms with Gasteiger partial charge in [-0.05, 0) is 31.1 Å². The molecule has 7 nitrogen and oxygen atoms in total. The van der Waals surface area contributed by atoms with Crippen molar-refractivity contribution >= 4 is 17.5 Å². The van der Waals surface area contributed by atoms with E-state index < -0.39 is 23.3 Å². The summed E-state index contributed by atoms with van der Waals surface area (Å²) in [4.78, 5) is 16.7. The van der Waals surface area contributed by atoms with Gasteiger partial charge in [-0.15, -0.1) is 0 Å². The number of nitrogens with one attached hydrogen (secondary N) is 2. The highest BCUT2D eigenvalue weighted by Crippen LogP contribution is 2.30. The number of hydrogen-bond acceptors (Lipinski definition) is 5. The van der Waals surface area contributed by atoms with Crippen LogP contribution in [-0.4, -0.2) is 32.3 Å². The summed E-state index contributed by atoms with van der Waals surface area (Å²) in [5.74, 6) is -2.02. The molecule has 0 bridgehead atoms. The number of rotatable bonds is 3. The maximum atomic E-state index is 14.7. The summed E-state index contributed by atoms with van der Waals surface area (Å²) in [7, 11) is 0. The lowest BCUT2D eigenvalue weighted by Gasteiger charge is -2.15. The normalized spacial score (nSPS) is 16.6. The maximum absolute atomic E-state index is 14.7. The molecule has 10 heteroatoms. The van der Waals surface area contributed by atoms with Crippen LogP contribution in [0.5, 0.6) is 5.75 Å². The quantitative estimate of drug-likeness (QED) is 0.727. The van der Waals surface area contributed by atoms with Crippen LogP contribution in [0.3, 0.4) is 0 Å². The van der Waals surface area contributed by atoms with Crippen molar-refractivity contribution < 1.29 is 18.7 Å². The second-order valence-electron chi connectivity index (χ2n) is 6.43. The standard InChI is InChI=1S/C18H16ClF2N5O2/c19-11-2-1-3-12(20)16(11)24-18(28)10-6-13(21)9(7-14(10)27)17-23-15-8-22-4-5-26(15)25-17/h3,6-7,22,27H,1-2,4-5,8H2,(H,24,28). The molecule has 0 saturated heterocycles. The Kier molecular flexibility index (Phi) is 4.86. The molecule has 1 aliphatic carbocycles. The van der Waals surface area contributed by atoms with Gasteiger partial charge in [0.2, 0.25) is 0 Å². The average molecular weight is 408 g/mol. The first-order chi connectivity index (χ1) is 13.4. The molecule has 0 atom stereocenters. The van der Waals surface area contributed by atoms with E-state index >= 15 is 0 Å². The van der Waals surface area contributed by atoms with E-state index in [1.807, 2.05) is 0 Å². The number of benzene rings is 1. The van der Waals surface area contributed by atoms with Gasteiger partial charge in [0, 0.05) is 11.6 Å². The Balaban J connectivity index is 1.63. The van der Waals surface area contributed by atoms with Crippen LogP contribution in [0.1, 0.15) is 29.0 Å². The number of halogens is 3. The fourth-order valence-electron chi connectivity index (χ4n) is 3.09. The van der Waals surface area contributed by atoms with Crippen LogP contribution in [0.25, 0.3) is 11.4 Å². The molecular weight excluding hydrogens is 392 g/mol. The summed E-state index contributed by atoms with van der Waals surface area (Å²) in [5, 5.41) is 20.1. The molecular formula is C18H16ClF2N5O2. The van der Waals surface area contributed by atoms with Gasteiger partial charge < -0.3 is 15.7 Å². The molecule has 1 aromatic heterocycles. The lowest BCUT2D eigenvalue weighted by molar-refractivity contribution is 0.0961. The summed E-state index contributed by atoms with van der Waals surface area (Å²) < 4.78 is 30.2. The largest absolute Gasteiger partial charge is 0.507 e. The van der Waals surface area contributed by atoms with E-state index in [9.17, 15) is 18.7 Å². The molecule has 3 N–H and O–H groups in total. The first-order valence-corrected chi connectivity index (χ1v) is 9.05. The predicted molar refractivity (Wildman–Crippen MR) is 97.6 cm³/mol. The first-order valence-electron chi connectivity index (χ1n) is 8.67. The van der Waals surface area contributed by atoms with Crippen molar-refractivity contribution in [1.82, 2.24) is 25.4 Å². The Morgan fingerprint density at radius 2 is 2.18 bits per heavy atom. The highest BCUT2D eigenvalue weighted by Gasteiger charge is 2.23. The minimum atomic E-state index is -0.872. The van der Waals surface area contributed by atoms with Gasteiger partial charge in [0.25, 0.3) is 5.91 Å². The van der Waals surface area contributed by atoms with Crippen molar-refractivity contribution in [3.63, 3.8) is 0 Å². The van der Waals surface area contributed by atoms with Crippen molar-refractivity contribution in [2.75, 3.05) is 6.54 Å². The van der Waals surface area contributed by atoms with E-state index in [0.29, 0.717) is 31.8 Å². The SMILES string of the molecule is O=C(NC1=C(Cl)CCC=C1F)c1cc(F)c(-c2nc3n(n2)CCNC3)cc1O. The Hall–Kier alpha value is -2.78. The van der Waals surface area contributed by atoms with Crippen LogP contribution >= 0.6 is 11.6 Å². The van der Waals surface area contributed by atoms with E-state index in [2.05, 4.69) is 20.7 Å². The molecule has 2 heterocycles. The molecule has 2 aromatic rings.